The second-order valence-corrected chi connectivity index (χ2v) is 5.93. The van der Waals surface area contributed by atoms with Crippen LogP contribution in [0.5, 0.6) is 0 Å². The number of nitrogens with zero attached hydrogens (tertiary/aromatic N) is 1. The maximum absolute atomic E-state index is 12.2. The molecule has 1 heterocycles. The molecule has 0 saturated carbocycles. The highest BCUT2D eigenvalue weighted by Crippen LogP contribution is 2.34. The highest BCUT2D eigenvalue weighted by molar-refractivity contribution is 6.07. The summed E-state index contributed by atoms with van der Waals surface area (Å²) in [6, 6.07) is -1.41. The zero-order valence-corrected chi connectivity index (χ0v) is 13.9. The molecular weight excluding hydrogens is 375 g/mol. The molecule has 2 atom stereocenters. The van der Waals surface area contributed by atoms with Crippen molar-refractivity contribution in [1.29, 1.82) is 0 Å². The molecule has 1 saturated heterocycles. The Morgan fingerprint density at radius 3 is 2.19 bits per heavy atom. The first-order valence-electron chi connectivity index (χ1n) is 7.89. The van der Waals surface area contributed by atoms with Crippen molar-refractivity contribution in [3.8, 4) is 0 Å². The van der Waals surface area contributed by atoms with Gasteiger partial charge in [0.15, 0.2) is 6.61 Å². The summed E-state index contributed by atoms with van der Waals surface area (Å²) in [7, 11) is 0. The van der Waals surface area contributed by atoms with Crippen LogP contribution in [0, 0.1) is 11.8 Å². The van der Waals surface area contributed by atoms with Gasteiger partial charge in [0.2, 0.25) is 11.8 Å². The Hall–Kier alpha value is -2.92. The van der Waals surface area contributed by atoms with E-state index in [1.165, 1.54) is 10.6 Å². The maximum Gasteiger partial charge on any atom is 0.405 e. The van der Waals surface area contributed by atoms with Crippen LogP contribution in [0.2, 0.25) is 0 Å². The number of halogens is 3. The van der Waals surface area contributed by atoms with Crippen LogP contribution in [0.3, 0.4) is 0 Å². The van der Waals surface area contributed by atoms with Gasteiger partial charge in [-0.1, -0.05) is 12.2 Å². The van der Waals surface area contributed by atoms with Gasteiger partial charge in [0.25, 0.3) is 5.91 Å². The van der Waals surface area contributed by atoms with Gasteiger partial charge >= 0.3 is 18.2 Å². The number of esters is 1. The average Bonchev–Trinajstić information content (AvgIpc) is 2.83. The first-order chi connectivity index (χ1) is 12.6. The minimum atomic E-state index is -4.64. The van der Waals surface area contributed by atoms with Gasteiger partial charge in [0.05, 0.1) is 11.8 Å². The van der Waals surface area contributed by atoms with Crippen molar-refractivity contribution < 1.29 is 41.9 Å². The normalized spacial score (nSPS) is 21.7. The topological polar surface area (TPSA) is 122 Å². The van der Waals surface area contributed by atoms with E-state index in [4.69, 9.17) is 0 Å². The summed E-state index contributed by atoms with van der Waals surface area (Å²) < 4.78 is 40.3. The number of hydrogen-bond acceptors (Lipinski definition) is 6. The van der Waals surface area contributed by atoms with Crippen molar-refractivity contribution in [3.63, 3.8) is 0 Å². The number of carbonyl (C=O) groups excluding carboxylic acids is 5. The van der Waals surface area contributed by atoms with Crippen LogP contribution >= 0.6 is 0 Å². The number of urea groups is 1. The summed E-state index contributed by atoms with van der Waals surface area (Å²) in [5, 5.41) is 2.94. The molecule has 2 aliphatic rings. The molecule has 1 aliphatic heterocycles. The molecule has 0 aromatic heterocycles. The number of carbonyl (C=O) groups is 5. The minimum Gasteiger partial charge on any atom is -0.454 e. The number of amides is 5. The SMILES string of the molecule is O=C(COC(=O)CN1C(=O)[C@H]2CC=CC[C@@H]2C1=O)NC(=O)NCC(F)(F)F. The van der Waals surface area contributed by atoms with Gasteiger partial charge in [0.1, 0.15) is 13.1 Å². The highest BCUT2D eigenvalue weighted by Gasteiger charge is 2.47. The Labute approximate surface area is 150 Å². The van der Waals surface area contributed by atoms with Gasteiger partial charge in [-0.25, -0.2) is 4.79 Å². The van der Waals surface area contributed by atoms with Crippen LogP contribution in [-0.4, -0.2) is 60.5 Å². The monoisotopic (exact) mass is 391 g/mol. The molecule has 2 rings (SSSR count). The number of likely N-dealkylation sites (tertiary alicyclic amines) is 1. The van der Waals surface area contributed by atoms with E-state index in [1.54, 1.807) is 12.2 Å². The lowest BCUT2D eigenvalue weighted by atomic mass is 9.85. The summed E-state index contributed by atoms with van der Waals surface area (Å²) in [5.41, 5.74) is 0. The van der Waals surface area contributed by atoms with Gasteiger partial charge in [-0.3, -0.25) is 29.4 Å². The highest BCUT2D eigenvalue weighted by atomic mass is 19.4. The number of hydrogen-bond donors (Lipinski definition) is 2. The van der Waals surface area contributed by atoms with Crippen LogP contribution in [0.25, 0.3) is 0 Å². The van der Waals surface area contributed by atoms with Crippen molar-refractivity contribution in [3.05, 3.63) is 12.2 Å². The number of allylic oxidation sites excluding steroid dienone is 2. The van der Waals surface area contributed by atoms with Crippen LogP contribution in [0.4, 0.5) is 18.0 Å². The lowest BCUT2D eigenvalue weighted by Gasteiger charge is -2.14. The number of fused-ring (bicyclic) bond motifs is 1. The molecule has 27 heavy (non-hydrogen) atoms. The van der Waals surface area contributed by atoms with Crippen LogP contribution < -0.4 is 10.6 Å². The maximum atomic E-state index is 12.2. The van der Waals surface area contributed by atoms with Crippen molar-refractivity contribution >= 4 is 29.7 Å². The minimum absolute atomic E-state index is 0.399. The molecule has 0 aromatic carbocycles. The summed E-state index contributed by atoms with van der Waals surface area (Å²) in [6.07, 6.45) is -0.286. The molecule has 1 aliphatic carbocycles. The number of ether oxygens (including phenoxy) is 1. The number of alkyl halides is 3. The van der Waals surface area contributed by atoms with Crippen LogP contribution in [0.15, 0.2) is 12.2 Å². The smallest absolute Gasteiger partial charge is 0.405 e. The quantitative estimate of drug-likeness (QED) is 0.383. The van der Waals surface area contributed by atoms with Crippen molar-refractivity contribution in [2.75, 3.05) is 19.7 Å². The molecule has 0 radical (unpaired) electrons. The zero-order valence-electron chi connectivity index (χ0n) is 13.9. The van der Waals surface area contributed by atoms with E-state index in [0.29, 0.717) is 12.8 Å². The Balaban J connectivity index is 1.74. The molecule has 2 N–H and O–H groups in total. The van der Waals surface area contributed by atoms with E-state index >= 15 is 0 Å². The van der Waals surface area contributed by atoms with Gasteiger partial charge in [-0.05, 0) is 12.8 Å². The van der Waals surface area contributed by atoms with Crippen LogP contribution in [-0.2, 0) is 23.9 Å². The van der Waals surface area contributed by atoms with Crippen LogP contribution in [0.1, 0.15) is 12.8 Å². The average molecular weight is 391 g/mol. The largest absolute Gasteiger partial charge is 0.454 e. The van der Waals surface area contributed by atoms with Crippen molar-refractivity contribution in [2.24, 2.45) is 11.8 Å². The third kappa shape index (κ3) is 5.53. The molecule has 148 valence electrons. The lowest BCUT2D eigenvalue weighted by Crippen LogP contribution is -2.45. The zero-order chi connectivity index (χ0) is 20.2. The van der Waals surface area contributed by atoms with Gasteiger partial charge in [-0.2, -0.15) is 13.2 Å². The summed E-state index contributed by atoms with van der Waals surface area (Å²) >= 11 is 0. The fourth-order valence-electron chi connectivity index (χ4n) is 2.73. The summed E-state index contributed by atoms with van der Waals surface area (Å²) in [4.78, 5) is 59.2. The summed E-state index contributed by atoms with van der Waals surface area (Å²) in [6.45, 7) is -3.27. The molecule has 0 spiro atoms. The fourth-order valence-corrected chi connectivity index (χ4v) is 2.73. The van der Waals surface area contributed by atoms with E-state index in [1.807, 2.05) is 0 Å². The van der Waals surface area contributed by atoms with E-state index in [2.05, 4.69) is 4.74 Å². The molecule has 12 heteroatoms. The second-order valence-electron chi connectivity index (χ2n) is 5.93. The van der Waals surface area contributed by atoms with Crippen molar-refractivity contribution in [2.45, 2.75) is 19.0 Å². The van der Waals surface area contributed by atoms with E-state index < -0.39 is 67.4 Å². The fraction of sp³-hybridized carbons (Fsp3) is 0.533. The number of nitrogens with one attached hydrogen (secondary N) is 2. The van der Waals surface area contributed by atoms with Gasteiger partial charge in [-0.15, -0.1) is 0 Å². The Morgan fingerprint density at radius 2 is 1.67 bits per heavy atom. The van der Waals surface area contributed by atoms with Gasteiger partial charge in [0, 0.05) is 0 Å². The van der Waals surface area contributed by atoms with E-state index in [9.17, 15) is 37.1 Å². The standard InChI is InChI=1S/C15H16F3N3O6/c16-15(17,18)7-19-14(26)20-10(22)6-27-11(23)5-21-12(24)8-3-1-2-4-9(8)13(21)25/h1-2,8-9H,3-7H2,(H2,19,20,22,26)/t8-,9-/m0/s1. The second kappa shape index (κ2) is 8.18. The van der Waals surface area contributed by atoms with E-state index in [-0.39, 0.29) is 0 Å². The van der Waals surface area contributed by atoms with Gasteiger partial charge < -0.3 is 10.1 Å². The Bertz CT molecular complexity index is 665. The molecule has 0 aromatic rings. The molecule has 0 unspecified atom stereocenters. The third-order valence-electron chi connectivity index (χ3n) is 3.95. The Morgan fingerprint density at radius 1 is 1.11 bits per heavy atom. The Kier molecular flexibility index (Phi) is 6.18. The third-order valence-corrected chi connectivity index (χ3v) is 3.95. The predicted molar refractivity (Wildman–Crippen MR) is 80.6 cm³/mol. The first-order valence-corrected chi connectivity index (χ1v) is 7.89. The molecule has 1 fully saturated rings. The number of rotatable bonds is 5. The summed E-state index contributed by atoms with van der Waals surface area (Å²) in [5.74, 6) is -4.26. The first kappa shape index (κ1) is 20.4. The van der Waals surface area contributed by atoms with E-state index in [0.717, 1.165) is 4.90 Å². The molecular formula is C15H16F3N3O6. The predicted octanol–water partition coefficient (Wildman–Crippen LogP) is -0.131. The number of imide groups is 2. The molecule has 5 amide bonds. The molecule has 9 nitrogen and oxygen atoms in total. The molecule has 0 bridgehead atoms. The van der Waals surface area contributed by atoms with Crippen molar-refractivity contribution in [1.82, 2.24) is 15.5 Å². The lowest BCUT2D eigenvalue weighted by molar-refractivity contribution is -0.154.